The molecule has 5 N–H and O–H groups in total. The highest BCUT2D eigenvalue weighted by Gasteiger charge is 2.19. The Morgan fingerprint density at radius 3 is 2.77 bits per heavy atom. The second-order valence-electron chi connectivity index (χ2n) is 5.22. The molecular formula is C16H21N3O3. The molecule has 0 aliphatic carbocycles. The van der Waals surface area contributed by atoms with E-state index < -0.39 is 18.0 Å². The minimum atomic E-state index is -0.779. The Morgan fingerprint density at radius 2 is 2.00 bits per heavy atom. The van der Waals surface area contributed by atoms with Gasteiger partial charge in [0.1, 0.15) is 6.04 Å². The molecule has 22 heavy (non-hydrogen) atoms. The Labute approximate surface area is 128 Å². The number of H-pyrrole nitrogens is 1. The van der Waals surface area contributed by atoms with E-state index in [-0.39, 0.29) is 6.42 Å². The van der Waals surface area contributed by atoms with E-state index in [1.54, 1.807) is 6.20 Å². The number of carbonyl (C=O) groups is 2. The lowest BCUT2D eigenvalue weighted by Crippen LogP contribution is -2.34. The van der Waals surface area contributed by atoms with Gasteiger partial charge in [0.25, 0.3) is 0 Å². The summed E-state index contributed by atoms with van der Waals surface area (Å²) in [4.78, 5) is 26.7. The predicted molar refractivity (Wildman–Crippen MR) is 84.0 cm³/mol. The van der Waals surface area contributed by atoms with Gasteiger partial charge < -0.3 is 21.2 Å². The topological polar surface area (TPSA) is 111 Å². The highest BCUT2D eigenvalue weighted by Crippen LogP contribution is 2.18. The molecule has 0 saturated heterocycles. The molecule has 1 aromatic heterocycles. The number of fused-ring (bicyclic) bond motifs is 1. The van der Waals surface area contributed by atoms with E-state index in [0.29, 0.717) is 13.0 Å². The van der Waals surface area contributed by atoms with Crippen LogP contribution in [0.4, 0.5) is 0 Å². The maximum Gasteiger partial charge on any atom is 0.330 e. The monoisotopic (exact) mass is 303 g/mol. The number of benzene rings is 1. The molecule has 0 aliphatic heterocycles. The van der Waals surface area contributed by atoms with Gasteiger partial charge in [-0.15, -0.1) is 0 Å². The molecule has 1 atom stereocenters. The number of esters is 2. The van der Waals surface area contributed by atoms with Crippen molar-refractivity contribution >= 4 is 22.8 Å². The summed E-state index contributed by atoms with van der Waals surface area (Å²) < 4.78 is 4.82. The molecule has 2 rings (SSSR count). The molecule has 0 saturated carbocycles. The number of nitrogens with two attached hydrogens (primary N) is 2. The van der Waals surface area contributed by atoms with Gasteiger partial charge in [0.15, 0.2) is 0 Å². The molecule has 1 aromatic carbocycles. The van der Waals surface area contributed by atoms with Crippen LogP contribution in [0.5, 0.6) is 0 Å². The van der Waals surface area contributed by atoms with Crippen molar-refractivity contribution in [2.45, 2.75) is 31.7 Å². The normalized spacial score (nSPS) is 12.3. The molecule has 0 fully saturated rings. The largest absolute Gasteiger partial charge is 0.392 e. The minimum Gasteiger partial charge on any atom is -0.392 e. The Kier molecular flexibility index (Phi) is 5.68. The number of nitrogens with one attached hydrogen (secondary N) is 1. The number of aromatic nitrogens is 1. The molecule has 118 valence electrons. The van der Waals surface area contributed by atoms with E-state index in [4.69, 9.17) is 16.2 Å². The molecule has 0 aliphatic rings. The second kappa shape index (κ2) is 7.72. The standard InChI is InChI=1S/C16H21N3O3/c17-8-4-3-6-13(18)16(21)22-15(20)9-11-10-19-14-7-2-1-5-12(11)14/h1-2,5,7,10,13,19H,3-4,6,8-9,17-18H2/t13-/m0/s1. The van der Waals surface area contributed by atoms with Crippen LogP contribution in [0.25, 0.3) is 10.9 Å². The van der Waals surface area contributed by atoms with E-state index in [2.05, 4.69) is 4.98 Å². The van der Waals surface area contributed by atoms with Crippen molar-refractivity contribution in [3.05, 3.63) is 36.0 Å². The Balaban J connectivity index is 1.88. The van der Waals surface area contributed by atoms with E-state index >= 15 is 0 Å². The first-order chi connectivity index (χ1) is 10.6. The molecule has 0 bridgehead atoms. The molecule has 6 nitrogen and oxygen atoms in total. The van der Waals surface area contributed by atoms with Crippen molar-refractivity contribution < 1.29 is 14.3 Å². The molecule has 0 amide bonds. The van der Waals surface area contributed by atoms with Crippen LogP contribution in [-0.4, -0.2) is 29.5 Å². The molecule has 0 unspecified atom stereocenters. The van der Waals surface area contributed by atoms with Crippen LogP contribution in [0.3, 0.4) is 0 Å². The van der Waals surface area contributed by atoms with Gasteiger partial charge in [-0.25, -0.2) is 4.79 Å². The van der Waals surface area contributed by atoms with E-state index in [1.807, 2.05) is 24.3 Å². The highest BCUT2D eigenvalue weighted by atomic mass is 16.6. The first kappa shape index (κ1) is 16.2. The number of rotatable bonds is 7. The first-order valence-corrected chi connectivity index (χ1v) is 7.37. The quantitative estimate of drug-likeness (QED) is 0.405. The zero-order chi connectivity index (χ0) is 15.9. The SMILES string of the molecule is NCCCC[C@H](N)C(=O)OC(=O)Cc1c[nH]c2ccccc12. The van der Waals surface area contributed by atoms with Gasteiger partial charge in [-0.3, -0.25) is 4.79 Å². The fraction of sp³-hybridized carbons (Fsp3) is 0.375. The van der Waals surface area contributed by atoms with Gasteiger partial charge in [0.05, 0.1) is 6.42 Å². The molecule has 1 heterocycles. The number of aromatic amines is 1. The van der Waals surface area contributed by atoms with Crippen LogP contribution in [-0.2, 0) is 20.7 Å². The third-order valence-electron chi connectivity index (χ3n) is 3.50. The summed E-state index contributed by atoms with van der Waals surface area (Å²) in [6, 6.07) is 6.85. The van der Waals surface area contributed by atoms with Gasteiger partial charge in [-0.05, 0) is 31.0 Å². The minimum absolute atomic E-state index is 0.0330. The summed E-state index contributed by atoms with van der Waals surface area (Å²) in [6.45, 7) is 0.557. The average Bonchev–Trinajstić information content (AvgIpc) is 2.90. The van der Waals surface area contributed by atoms with Crippen molar-refractivity contribution in [1.29, 1.82) is 0 Å². The Hall–Kier alpha value is -2.18. The number of hydrogen-bond donors (Lipinski definition) is 3. The fourth-order valence-corrected chi connectivity index (χ4v) is 2.28. The summed E-state index contributed by atoms with van der Waals surface area (Å²) in [5.41, 5.74) is 12.8. The van der Waals surface area contributed by atoms with Gasteiger partial charge in [0.2, 0.25) is 0 Å². The van der Waals surface area contributed by atoms with Gasteiger partial charge in [-0.1, -0.05) is 24.6 Å². The van der Waals surface area contributed by atoms with Crippen molar-refractivity contribution in [2.24, 2.45) is 11.5 Å². The third-order valence-corrected chi connectivity index (χ3v) is 3.50. The van der Waals surface area contributed by atoms with Crippen molar-refractivity contribution in [2.75, 3.05) is 6.54 Å². The van der Waals surface area contributed by atoms with Crippen LogP contribution in [0.2, 0.25) is 0 Å². The van der Waals surface area contributed by atoms with E-state index in [9.17, 15) is 9.59 Å². The van der Waals surface area contributed by atoms with Crippen molar-refractivity contribution in [3.63, 3.8) is 0 Å². The van der Waals surface area contributed by atoms with Crippen molar-refractivity contribution in [1.82, 2.24) is 4.98 Å². The zero-order valence-electron chi connectivity index (χ0n) is 12.4. The first-order valence-electron chi connectivity index (χ1n) is 7.37. The predicted octanol–water partition coefficient (Wildman–Crippen LogP) is 1.24. The van der Waals surface area contributed by atoms with Gasteiger partial charge >= 0.3 is 11.9 Å². The highest BCUT2D eigenvalue weighted by molar-refractivity contribution is 5.92. The van der Waals surface area contributed by atoms with Gasteiger partial charge in [-0.2, -0.15) is 0 Å². The van der Waals surface area contributed by atoms with E-state index in [0.717, 1.165) is 29.3 Å². The summed E-state index contributed by atoms with van der Waals surface area (Å²) in [5.74, 6) is -1.27. The third kappa shape index (κ3) is 4.16. The maximum absolute atomic E-state index is 11.9. The Bertz CT molecular complexity index is 651. The lowest BCUT2D eigenvalue weighted by molar-refractivity contribution is -0.160. The fourth-order valence-electron chi connectivity index (χ4n) is 2.28. The summed E-state index contributed by atoms with van der Waals surface area (Å²) in [7, 11) is 0. The summed E-state index contributed by atoms with van der Waals surface area (Å²) >= 11 is 0. The molecule has 2 aromatic rings. The zero-order valence-corrected chi connectivity index (χ0v) is 12.4. The molecule has 0 radical (unpaired) electrons. The summed E-state index contributed by atoms with van der Waals surface area (Å²) in [6.07, 6.45) is 3.78. The molecule has 6 heteroatoms. The lowest BCUT2D eigenvalue weighted by Gasteiger charge is -2.09. The van der Waals surface area contributed by atoms with Crippen LogP contribution in [0.1, 0.15) is 24.8 Å². The number of ether oxygens (including phenoxy) is 1. The second-order valence-corrected chi connectivity index (χ2v) is 5.22. The number of para-hydroxylation sites is 1. The number of hydrogen-bond acceptors (Lipinski definition) is 5. The average molecular weight is 303 g/mol. The van der Waals surface area contributed by atoms with Crippen molar-refractivity contribution in [3.8, 4) is 0 Å². The maximum atomic E-state index is 11.9. The number of carbonyl (C=O) groups excluding carboxylic acids is 2. The van der Waals surface area contributed by atoms with E-state index in [1.165, 1.54) is 0 Å². The molecular weight excluding hydrogens is 282 g/mol. The Morgan fingerprint density at radius 1 is 1.23 bits per heavy atom. The van der Waals surface area contributed by atoms with Crippen LogP contribution in [0.15, 0.2) is 30.5 Å². The smallest absolute Gasteiger partial charge is 0.330 e. The van der Waals surface area contributed by atoms with Crippen LogP contribution < -0.4 is 11.5 Å². The molecule has 0 spiro atoms. The summed E-state index contributed by atoms with van der Waals surface area (Å²) in [5, 5.41) is 0.944. The lowest BCUT2D eigenvalue weighted by atomic mass is 10.1. The van der Waals surface area contributed by atoms with Crippen LogP contribution >= 0.6 is 0 Å². The van der Waals surface area contributed by atoms with Crippen LogP contribution in [0, 0.1) is 0 Å². The number of unbranched alkanes of at least 4 members (excludes halogenated alkanes) is 1. The van der Waals surface area contributed by atoms with Gasteiger partial charge in [0, 0.05) is 17.1 Å².